The van der Waals surface area contributed by atoms with E-state index in [0.717, 1.165) is 128 Å². The Kier molecular flexibility index (Phi) is 62.9. The van der Waals surface area contributed by atoms with Crippen molar-refractivity contribution in [2.24, 2.45) is 0 Å². The molecule has 0 aliphatic heterocycles. The minimum Gasteiger partial charge on any atom is -0.545 e. The fourth-order valence-electron chi connectivity index (χ4n) is 9.05. The molecule has 0 bridgehead atoms. The molecule has 9 nitrogen and oxygen atoms in total. The van der Waals surface area contributed by atoms with Crippen molar-refractivity contribution < 1.29 is 42.9 Å². The molecule has 0 amide bonds. The van der Waals surface area contributed by atoms with Crippen LogP contribution in [0.1, 0.15) is 258 Å². The van der Waals surface area contributed by atoms with Crippen LogP contribution in [-0.4, -0.2) is 82.3 Å². The molecule has 0 spiro atoms. The van der Waals surface area contributed by atoms with Gasteiger partial charge in [0.2, 0.25) is 0 Å². The number of rotatable bonds is 62. The van der Waals surface area contributed by atoms with Gasteiger partial charge >= 0.3 is 11.9 Å². The first-order valence-electron chi connectivity index (χ1n) is 34.6. The zero-order valence-corrected chi connectivity index (χ0v) is 56.1. The van der Waals surface area contributed by atoms with Crippen molar-refractivity contribution in [2.45, 2.75) is 270 Å². The van der Waals surface area contributed by atoms with Crippen molar-refractivity contribution in [3.05, 3.63) is 158 Å². The molecule has 0 saturated carbocycles. The van der Waals surface area contributed by atoms with Crippen molar-refractivity contribution in [3.8, 4) is 0 Å². The van der Waals surface area contributed by atoms with Crippen LogP contribution >= 0.6 is 0 Å². The lowest BCUT2D eigenvalue weighted by atomic mass is 10.0. The molecule has 0 saturated heterocycles. The Morgan fingerprint density at radius 1 is 0.345 bits per heavy atom. The molecular formula is C78H127NO8. The number of likely N-dealkylation sites (N-methyl/N-ethyl adjacent to an activating group) is 1. The number of hydrogen-bond acceptors (Lipinski definition) is 8. The lowest BCUT2D eigenvalue weighted by molar-refractivity contribution is -0.870. The number of unbranched alkanes of at least 4 members (excludes halogenated alkanes) is 21. The van der Waals surface area contributed by atoms with Crippen molar-refractivity contribution in [1.29, 1.82) is 0 Å². The summed E-state index contributed by atoms with van der Waals surface area (Å²) in [5.74, 6) is -2.30. The predicted octanol–water partition coefficient (Wildman–Crippen LogP) is 20.4. The van der Waals surface area contributed by atoms with Crippen LogP contribution in [0, 0.1) is 0 Å². The van der Waals surface area contributed by atoms with Crippen molar-refractivity contribution >= 4 is 17.9 Å². The second-order valence-electron chi connectivity index (χ2n) is 23.7. The van der Waals surface area contributed by atoms with Crippen LogP contribution in [0.15, 0.2) is 158 Å². The largest absolute Gasteiger partial charge is 0.545 e. The highest BCUT2D eigenvalue weighted by molar-refractivity contribution is 5.70. The first-order chi connectivity index (χ1) is 42.6. The Labute approximate surface area is 534 Å². The zero-order chi connectivity index (χ0) is 63.3. The molecule has 0 radical (unpaired) electrons. The second-order valence-corrected chi connectivity index (χ2v) is 23.7. The number of carbonyl (C=O) groups is 3. The van der Waals surface area contributed by atoms with Gasteiger partial charge in [0.1, 0.15) is 13.2 Å². The molecule has 2 unspecified atom stereocenters. The lowest BCUT2D eigenvalue weighted by Crippen LogP contribution is -2.44. The van der Waals surface area contributed by atoms with Crippen LogP contribution in [0.4, 0.5) is 0 Å². The molecule has 0 aliphatic rings. The molecule has 2 atom stereocenters. The summed E-state index contributed by atoms with van der Waals surface area (Å²) in [5, 5.41) is 11.8. The second kappa shape index (κ2) is 66.9. The Hall–Kier alpha value is -5.09. The van der Waals surface area contributed by atoms with E-state index in [1.165, 1.54) is 96.3 Å². The monoisotopic (exact) mass is 1210 g/mol. The fraction of sp³-hybridized carbons (Fsp3) is 0.628. The Bertz CT molecular complexity index is 1990. The number of carbonyl (C=O) groups excluding carboxylic acids is 3. The summed E-state index contributed by atoms with van der Waals surface area (Å²) in [5.41, 5.74) is 0. The van der Waals surface area contributed by atoms with Crippen molar-refractivity contribution in [1.82, 2.24) is 0 Å². The van der Waals surface area contributed by atoms with Gasteiger partial charge in [-0.1, -0.05) is 281 Å². The molecular weight excluding hydrogens is 1080 g/mol. The first-order valence-corrected chi connectivity index (χ1v) is 34.6. The van der Waals surface area contributed by atoms with Gasteiger partial charge in [-0.05, 0) is 122 Å². The Balaban J connectivity index is 4.20. The van der Waals surface area contributed by atoms with Gasteiger partial charge in [-0.2, -0.15) is 0 Å². The van der Waals surface area contributed by atoms with E-state index in [4.69, 9.17) is 18.9 Å². The van der Waals surface area contributed by atoms with E-state index < -0.39 is 24.3 Å². The van der Waals surface area contributed by atoms with Crippen LogP contribution in [0.25, 0.3) is 0 Å². The van der Waals surface area contributed by atoms with Gasteiger partial charge in [-0.3, -0.25) is 9.59 Å². The molecule has 492 valence electrons. The number of hydrogen-bond donors (Lipinski definition) is 0. The third-order valence-electron chi connectivity index (χ3n) is 14.3. The van der Waals surface area contributed by atoms with Crippen LogP contribution in [0.3, 0.4) is 0 Å². The number of nitrogens with zero attached hydrogens (tertiary/aromatic N) is 1. The highest BCUT2D eigenvalue weighted by Crippen LogP contribution is 2.16. The lowest BCUT2D eigenvalue weighted by Gasteiger charge is -2.26. The summed E-state index contributed by atoms with van der Waals surface area (Å²) in [7, 11) is 5.92. The molecule has 9 heteroatoms. The summed E-state index contributed by atoms with van der Waals surface area (Å²) in [6, 6.07) is 0. The maximum absolute atomic E-state index is 12.9. The van der Waals surface area contributed by atoms with Crippen LogP contribution in [-0.2, 0) is 33.3 Å². The molecule has 0 aromatic rings. The van der Waals surface area contributed by atoms with Gasteiger partial charge in [0.15, 0.2) is 12.4 Å². The van der Waals surface area contributed by atoms with Gasteiger partial charge in [0.25, 0.3) is 0 Å². The fourth-order valence-corrected chi connectivity index (χ4v) is 9.05. The Morgan fingerprint density at radius 2 is 0.621 bits per heavy atom. The maximum Gasteiger partial charge on any atom is 0.306 e. The number of quaternary nitrogens is 1. The van der Waals surface area contributed by atoms with E-state index in [-0.39, 0.29) is 38.6 Å². The number of esters is 2. The number of carboxylic acid groups (broad SMARTS) is 1. The SMILES string of the molecule is CC/C=C\C/C=C\C/C=C\C/C=C\C/C=C\C/C=C\C/C=C\CCCCCCCCCCCC(=O)OC(COC(=O)CCCCCCCCCCCCCC/C=C\C/C=C\C/C=C\C/C=C\C/C=C\C/C=C\CC)COC(OCC[N+](C)(C)C)C(=O)[O-]. The van der Waals surface area contributed by atoms with Crippen LogP contribution in [0.2, 0.25) is 0 Å². The van der Waals surface area contributed by atoms with Gasteiger partial charge in [0.05, 0.1) is 40.3 Å². The normalized spacial score (nSPS) is 13.7. The average molecular weight is 1210 g/mol. The average Bonchev–Trinajstić information content (AvgIpc) is 3.56. The zero-order valence-electron chi connectivity index (χ0n) is 56.1. The maximum atomic E-state index is 12.9. The number of aliphatic carboxylic acids is 1. The highest BCUT2D eigenvalue weighted by atomic mass is 16.7. The van der Waals surface area contributed by atoms with Gasteiger partial charge in [-0.15, -0.1) is 0 Å². The molecule has 0 aromatic heterocycles. The van der Waals surface area contributed by atoms with E-state index >= 15 is 0 Å². The topological polar surface area (TPSA) is 111 Å². The smallest absolute Gasteiger partial charge is 0.306 e. The standard InChI is InChI=1S/C78H127NO8/c1-6-8-10-12-14-16-18-20-22-24-26-28-30-32-34-36-38-40-42-44-46-48-50-52-54-56-58-60-62-64-66-68-75(80)85-72-74(73-86-78(77(82)83)84-71-70-79(3,4)5)87-76(81)69-67-65-63-61-59-57-55-53-51-49-47-45-43-41-39-37-35-33-31-29-27-25-23-21-19-17-15-13-11-9-7-2/h8-11,14-17,20-23,26-29,32-35,38-41,45,47,74,78H,6-7,12-13,18-19,24-25,30-31,36-37,42-44,46,48-73H2,1-5H3/b10-8-,11-9-,16-14-,17-15-,22-20-,23-21-,28-26-,29-27-,34-32-,35-33-,40-38-,41-39-,47-45-. The molecule has 0 rings (SSSR count). The molecule has 0 heterocycles. The van der Waals surface area contributed by atoms with E-state index in [9.17, 15) is 19.5 Å². The van der Waals surface area contributed by atoms with E-state index in [2.05, 4.69) is 172 Å². The number of allylic oxidation sites excluding steroid dienone is 26. The van der Waals surface area contributed by atoms with Crippen LogP contribution < -0.4 is 5.11 Å². The van der Waals surface area contributed by atoms with Gasteiger partial charge < -0.3 is 33.3 Å². The van der Waals surface area contributed by atoms with E-state index in [0.29, 0.717) is 17.4 Å². The number of carboxylic acids is 1. The van der Waals surface area contributed by atoms with Gasteiger partial charge in [-0.25, -0.2) is 0 Å². The minimum atomic E-state index is -1.63. The third-order valence-corrected chi connectivity index (χ3v) is 14.3. The number of ether oxygens (including phenoxy) is 4. The molecule has 0 aliphatic carbocycles. The van der Waals surface area contributed by atoms with Gasteiger partial charge in [0, 0.05) is 12.8 Å². The first kappa shape index (κ1) is 81.9. The summed E-state index contributed by atoms with van der Waals surface area (Å²) in [6.45, 7) is 4.50. The summed E-state index contributed by atoms with van der Waals surface area (Å²) < 4.78 is 22.8. The summed E-state index contributed by atoms with van der Waals surface area (Å²) in [4.78, 5) is 37.5. The van der Waals surface area contributed by atoms with Crippen molar-refractivity contribution in [3.63, 3.8) is 0 Å². The molecule has 0 N–H and O–H groups in total. The molecule has 0 fully saturated rings. The predicted molar refractivity (Wildman–Crippen MR) is 370 cm³/mol. The minimum absolute atomic E-state index is 0.138. The third kappa shape index (κ3) is 68.3. The highest BCUT2D eigenvalue weighted by Gasteiger charge is 2.22. The summed E-state index contributed by atoms with van der Waals surface area (Å²) in [6.07, 6.45) is 95.9. The summed E-state index contributed by atoms with van der Waals surface area (Å²) >= 11 is 0. The van der Waals surface area contributed by atoms with Crippen LogP contribution in [0.5, 0.6) is 0 Å². The quantitative estimate of drug-likeness (QED) is 0.0195. The van der Waals surface area contributed by atoms with E-state index in [1.807, 2.05) is 21.1 Å². The molecule has 0 aromatic carbocycles. The Morgan fingerprint density at radius 3 is 0.920 bits per heavy atom. The van der Waals surface area contributed by atoms with Crippen molar-refractivity contribution in [2.75, 3.05) is 47.5 Å². The molecule has 87 heavy (non-hydrogen) atoms. The van der Waals surface area contributed by atoms with E-state index in [1.54, 1.807) is 0 Å².